The van der Waals surface area contributed by atoms with Crippen LogP contribution in [0.1, 0.15) is 33.1 Å². The highest BCUT2D eigenvalue weighted by atomic mass is 32.2. The van der Waals surface area contributed by atoms with Crippen LogP contribution in [0.5, 0.6) is 0 Å². The Morgan fingerprint density at radius 1 is 1.44 bits per heavy atom. The molecule has 2 fully saturated rings. The topological polar surface area (TPSA) is 44.7 Å². The van der Waals surface area contributed by atoms with E-state index < -0.39 is 0 Å². The first-order chi connectivity index (χ1) is 8.66. The van der Waals surface area contributed by atoms with Gasteiger partial charge in [-0.15, -0.1) is 0 Å². The van der Waals surface area contributed by atoms with Crippen LogP contribution in [0.15, 0.2) is 4.99 Å². The van der Waals surface area contributed by atoms with E-state index in [-0.39, 0.29) is 5.91 Å². The van der Waals surface area contributed by atoms with Gasteiger partial charge in [0, 0.05) is 31.3 Å². The number of nitrogens with zero attached hydrogens (tertiary/aromatic N) is 2. The van der Waals surface area contributed by atoms with Crippen molar-refractivity contribution in [2.24, 2.45) is 10.9 Å². The van der Waals surface area contributed by atoms with Crippen LogP contribution >= 0.6 is 11.8 Å². The number of hydrogen-bond acceptors (Lipinski definition) is 3. The number of aliphatic imine (C=N–C) groups is 1. The standard InChI is InChI=1S/C13H23N3OS/c1-10-9-18-13(15-11(10)2)14-6-5-12(17)16-7-3-4-8-16/h10-11H,3-9H2,1-2H3,(H,14,15). The average molecular weight is 269 g/mol. The first kappa shape index (κ1) is 13.7. The Kier molecular flexibility index (Phi) is 4.92. The summed E-state index contributed by atoms with van der Waals surface area (Å²) >= 11 is 1.77. The third kappa shape index (κ3) is 3.64. The van der Waals surface area contributed by atoms with Gasteiger partial charge in [0.25, 0.3) is 0 Å². The quantitative estimate of drug-likeness (QED) is 0.848. The van der Waals surface area contributed by atoms with Crippen LogP contribution in [0.4, 0.5) is 0 Å². The van der Waals surface area contributed by atoms with Crippen molar-refractivity contribution in [2.75, 3.05) is 25.4 Å². The summed E-state index contributed by atoms with van der Waals surface area (Å²) in [6.07, 6.45) is 2.87. The van der Waals surface area contributed by atoms with Crippen LogP contribution in [0.2, 0.25) is 0 Å². The highest BCUT2D eigenvalue weighted by Crippen LogP contribution is 2.19. The minimum Gasteiger partial charge on any atom is -0.362 e. The Hall–Kier alpha value is -0.710. The summed E-state index contributed by atoms with van der Waals surface area (Å²) < 4.78 is 0. The van der Waals surface area contributed by atoms with Crippen LogP contribution in [-0.4, -0.2) is 47.4 Å². The second kappa shape index (κ2) is 6.45. The van der Waals surface area contributed by atoms with Gasteiger partial charge in [-0.25, -0.2) is 0 Å². The fraction of sp³-hybridized carbons (Fsp3) is 0.846. The van der Waals surface area contributed by atoms with Crippen LogP contribution in [0.3, 0.4) is 0 Å². The number of amides is 1. The van der Waals surface area contributed by atoms with Gasteiger partial charge in [0.2, 0.25) is 5.91 Å². The molecule has 1 N–H and O–H groups in total. The Balaban J connectivity index is 1.72. The highest BCUT2D eigenvalue weighted by Gasteiger charge is 2.21. The van der Waals surface area contributed by atoms with E-state index in [1.807, 2.05) is 4.90 Å². The molecular formula is C13H23N3OS. The molecule has 2 rings (SSSR count). The van der Waals surface area contributed by atoms with Crippen molar-refractivity contribution in [3.8, 4) is 0 Å². The fourth-order valence-corrected chi connectivity index (χ4v) is 3.36. The maximum atomic E-state index is 11.8. The molecule has 2 aliphatic rings. The van der Waals surface area contributed by atoms with E-state index in [0.29, 0.717) is 24.9 Å². The minimum atomic E-state index is 0.263. The molecule has 2 aliphatic heterocycles. The Morgan fingerprint density at radius 3 is 2.83 bits per heavy atom. The summed E-state index contributed by atoms with van der Waals surface area (Å²) in [7, 11) is 0. The summed E-state index contributed by atoms with van der Waals surface area (Å²) in [6.45, 7) is 6.94. The number of hydrogen-bond donors (Lipinski definition) is 1. The lowest BCUT2D eigenvalue weighted by atomic mass is 10.1. The minimum absolute atomic E-state index is 0.263. The Morgan fingerprint density at radius 2 is 2.17 bits per heavy atom. The monoisotopic (exact) mass is 269 g/mol. The molecule has 0 radical (unpaired) electrons. The molecule has 0 aromatic heterocycles. The Labute approximate surface area is 114 Å². The second-order valence-electron chi connectivity index (χ2n) is 5.25. The van der Waals surface area contributed by atoms with Gasteiger partial charge in [-0.3, -0.25) is 9.79 Å². The molecular weight excluding hydrogens is 246 g/mol. The maximum Gasteiger partial charge on any atom is 0.224 e. The van der Waals surface area contributed by atoms with Gasteiger partial charge in [-0.2, -0.15) is 0 Å². The van der Waals surface area contributed by atoms with Crippen LogP contribution < -0.4 is 5.32 Å². The number of carbonyl (C=O) groups excluding carboxylic acids is 1. The summed E-state index contributed by atoms with van der Waals surface area (Å²) in [5, 5.41) is 4.41. The van der Waals surface area contributed by atoms with Crippen molar-refractivity contribution in [2.45, 2.75) is 39.2 Å². The van der Waals surface area contributed by atoms with Gasteiger partial charge < -0.3 is 10.2 Å². The van der Waals surface area contributed by atoms with E-state index in [0.717, 1.165) is 36.9 Å². The maximum absolute atomic E-state index is 11.8. The van der Waals surface area contributed by atoms with Gasteiger partial charge in [0.1, 0.15) is 0 Å². The average Bonchev–Trinajstić information content (AvgIpc) is 2.87. The first-order valence-electron chi connectivity index (χ1n) is 6.88. The number of carbonyl (C=O) groups is 1. The summed E-state index contributed by atoms with van der Waals surface area (Å²) in [5.41, 5.74) is 0. The summed E-state index contributed by atoms with van der Waals surface area (Å²) in [4.78, 5) is 18.3. The molecule has 102 valence electrons. The van der Waals surface area contributed by atoms with Crippen LogP contribution in [-0.2, 0) is 4.79 Å². The predicted molar refractivity (Wildman–Crippen MR) is 77.0 cm³/mol. The van der Waals surface area contributed by atoms with Crippen molar-refractivity contribution in [1.29, 1.82) is 0 Å². The third-order valence-electron chi connectivity index (χ3n) is 3.73. The van der Waals surface area contributed by atoms with Gasteiger partial charge in [-0.1, -0.05) is 18.7 Å². The number of rotatable bonds is 3. The van der Waals surface area contributed by atoms with Crippen molar-refractivity contribution in [3.05, 3.63) is 0 Å². The SMILES string of the molecule is CC1CSC(=NCCC(=O)N2CCCC2)NC1C. The lowest BCUT2D eigenvalue weighted by Crippen LogP contribution is -2.41. The third-order valence-corrected chi connectivity index (χ3v) is 4.94. The first-order valence-corrected chi connectivity index (χ1v) is 7.87. The molecule has 2 atom stereocenters. The van der Waals surface area contributed by atoms with Crippen molar-refractivity contribution < 1.29 is 4.79 Å². The van der Waals surface area contributed by atoms with Crippen LogP contribution in [0.25, 0.3) is 0 Å². The van der Waals surface area contributed by atoms with E-state index in [9.17, 15) is 4.79 Å². The largest absolute Gasteiger partial charge is 0.362 e. The normalized spacial score (nSPS) is 30.6. The van der Waals surface area contributed by atoms with E-state index in [1.54, 1.807) is 11.8 Å². The molecule has 0 aliphatic carbocycles. The van der Waals surface area contributed by atoms with Gasteiger partial charge in [-0.05, 0) is 25.7 Å². The van der Waals surface area contributed by atoms with E-state index in [2.05, 4.69) is 24.2 Å². The Bertz CT molecular complexity index is 326. The van der Waals surface area contributed by atoms with E-state index in [1.165, 1.54) is 0 Å². The summed E-state index contributed by atoms with van der Waals surface area (Å²) in [5.74, 6) is 2.06. The van der Waals surface area contributed by atoms with Gasteiger partial charge in [0.05, 0.1) is 6.54 Å². The molecule has 1 amide bonds. The summed E-state index contributed by atoms with van der Waals surface area (Å²) in [6, 6.07) is 0.485. The number of nitrogens with one attached hydrogen (secondary N) is 1. The molecule has 0 aromatic carbocycles. The number of likely N-dealkylation sites (tertiary alicyclic amines) is 1. The van der Waals surface area contributed by atoms with Gasteiger partial charge in [0.15, 0.2) is 5.17 Å². The zero-order valence-corrected chi connectivity index (χ0v) is 12.1. The van der Waals surface area contributed by atoms with Crippen molar-refractivity contribution in [1.82, 2.24) is 10.2 Å². The lowest BCUT2D eigenvalue weighted by Gasteiger charge is -2.28. The molecule has 2 unspecified atom stereocenters. The predicted octanol–water partition coefficient (Wildman–Crippen LogP) is 1.72. The molecule has 0 saturated carbocycles. The molecule has 0 aromatic rings. The molecule has 4 nitrogen and oxygen atoms in total. The van der Waals surface area contributed by atoms with Gasteiger partial charge >= 0.3 is 0 Å². The van der Waals surface area contributed by atoms with Crippen LogP contribution in [0, 0.1) is 5.92 Å². The molecule has 5 heteroatoms. The van der Waals surface area contributed by atoms with E-state index >= 15 is 0 Å². The number of thioether (sulfide) groups is 1. The molecule has 0 bridgehead atoms. The fourth-order valence-electron chi connectivity index (χ4n) is 2.20. The smallest absolute Gasteiger partial charge is 0.224 e. The van der Waals surface area contributed by atoms with Crippen molar-refractivity contribution in [3.63, 3.8) is 0 Å². The van der Waals surface area contributed by atoms with E-state index in [4.69, 9.17) is 0 Å². The second-order valence-corrected chi connectivity index (χ2v) is 6.25. The lowest BCUT2D eigenvalue weighted by molar-refractivity contribution is -0.129. The zero-order chi connectivity index (χ0) is 13.0. The zero-order valence-electron chi connectivity index (χ0n) is 11.3. The molecule has 2 saturated heterocycles. The number of amidine groups is 1. The van der Waals surface area contributed by atoms with Crippen molar-refractivity contribution >= 4 is 22.8 Å². The molecule has 2 heterocycles. The molecule has 0 spiro atoms. The molecule has 18 heavy (non-hydrogen) atoms. The highest BCUT2D eigenvalue weighted by molar-refractivity contribution is 8.13.